The van der Waals surface area contributed by atoms with Gasteiger partial charge in [-0.1, -0.05) is 73.5 Å². The second kappa shape index (κ2) is 13.6. The van der Waals surface area contributed by atoms with Crippen molar-refractivity contribution in [2.45, 2.75) is 71.3 Å². The van der Waals surface area contributed by atoms with Gasteiger partial charge in [-0.15, -0.1) is 0 Å². The molecule has 1 aliphatic heterocycles. The van der Waals surface area contributed by atoms with Crippen molar-refractivity contribution in [3.8, 4) is 28.0 Å². The zero-order chi connectivity index (χ0) is 27.9. The predicted octanol–water partition coefficient (Wildman–Crippen LogP) is 10.3. The minimum Gasteiger partial charge on any atom is -0.491 e. The standard InChI is InChI=1S/C36H42F2O2/c1-3-5-6-7-25-8-10-28(11-9-25)31-20-22-33(40-24-31)30-18-14-27(15-19-30)26-12-16-29(17-13-26)32-21-23-34(39-4-2)36(38)35(32)37/h3,5,12-19,21,23,25,28,31,33H,4,6-11,20,22,24H2,1-2H3/b5-3+. The van der Waals surface area contributed by atoms with E-state index in [4.69, 9.17) is 9.47 Å². The summed E-state index contributed by atoms with van der Waals surface area (Å²) >= 11 is 0. The van der Waals surface area contributed by atoms with Crippen molar-refractivity contribution in [1.29, 1.82) is 0 Å². The average molecular weight is 545 g/mol. The van der Waals surface area contributed by atoms with Gasteiger partial charge in [0.1, 0.15) is 0 Å². The lowest BCUT2D eigenvalue weighted by Crippen LogP contribution is -2.29. The lowest BCUT2D eigenvalue weighted by atomic mass is 9.72. The summed E-state index contributed by atoms with van der Waals surface area (Å²) in [6, 6.07) is 19.2. The summed E-state index contributed by atoms with van der Waals surface area (Å²) in [5.74, 6) is 0.562. The lowest BCUT2D eigenvalue weighted by molar-refractivity contribution is -0.0404. The van der Waals surface area contributed by atoms with Crippen LogP contribution in [0.3, 0.4) is 0 Å². The maximum absolute atomic E-state index is 14.6. The molecule has 1 saturated heterocycles. The van der Waals surface area contributed by atoms with Crippen LogP contribution in [0.5, 0.6) is 5.75 Å². The molecule has 0 spiro atoms. The maximum atomic E-state index is 14.6. The molecule has 40 heavy (non-hydrogen) atoms. The highest BCUT2D eigenvalue weighted by Gasteiger charge is 2.31. The van der Waals surface area contributed by atoms with E-state index in [1.165, 1.54) is 56.6 Å². The molecule has 3 aromatic rings. The average Bonchev–Trinajstić information content (AvgIpc) is 3.01. The van der Waals surface area contributed by atoms with Crippen LogP contribution in [0.15, 0.2) is 72.8 Å². The number of allylic oxidation sites excluding steroid dienone is 2. The molecule has 212 valence electrons. The Kier molecular flexibility index (Phi) is 9.70. The van der Waals surface area contributed by atoms with Crippen LogP contribution in [0.25, 0.3) is 22.3 Å². The number of benzene rings is 3. The van der Waals surface area contributed by atoms with Gasteiger partial charge in [0.25, 0.3) is 0 Å². The molecule has 2 fully saturated rings. The van der Waals surface area contributed by atoms with Crippen LogP contribution in [0.1, 0.15) is 76.9 Å². The topological polar surface area (TPSA) is 18.5 Å². The Morgan fingerprint density at radius 3 is 2.05 bits per heavy atom. The summed E-state index contributed by atoms with van der Waals surface area (Å²) in [6.45, 7) is 5.02. The Morgan fingerprint density at radius 2 is 1.43 bits per heavy atom. The first-order chi connectivity index (χ1) is 19.6. The molecule has 0 amide bonds. The van der Waals surface area contributed by atoms with E-state index in [0.29, 0.717) is 11.5 Å². The molecule has 1 saturated carbocycles. The first kappa shape index (κ1) is 28.5. The summed E-state index contributed by atoms with van der Waals surface area (Å²) in [5.41, 5.74) is 4.22. The summed E-state index contributed by atoms with van der Waals surface area (Å²) in [5, 5.41) is 0. The van der Waals surface area contributed by atoms with Gasteiger partial charge in [0, 0.05) is 5.56 Å². The van der Waals surface area contributed by atoms with Crippen molar-refractivity contribution in [2.24, 2.45) is 17.8 Å². The molecule has 3 aromatic carbocycles. The molecule has 5 rings (SSSR count). The van der Waals surface area contributed by atoms with Crippen molar-refractivity contribution < 1.29 is 18.3 Å². The Morgan fingerprint density at radius 1 is 0.775 bits per heavy atom. The number of ether oxygens (including phenoxy) is 2. The lowest BCUT2D eigenvalue weighted by Gasteiger charge is -2.38. The van der Waals surface area contributed by atoms with Gasteiger partial charge < -0.3 is 9.47 Å². The highest BCUT2D eigenvalue weighted by Crippen LogP contribution is 2.41. The Balaban J connectivity index is 1.14. The number of halogens is 2. The Hall–Kier alpha value is -2.98. The van der Waals surface area contributed by atoms with E-state index in [0.717, 1.165) is 36.0 Å². The van der Waals surface area contributed by atoms with Crippen molar-refractivity contribution in [3.63, 3.8) is 0 Å². The molecule has 0 aromatic heterocycles. The van der Waals surface area contributed by atoms with Crippen LogP contribution < -0.4 is 4.74 Å². The number of hydrogen-bond donors (Lipinski definition) is 0. The smallest absolute Gasteiger partial charge is 0.201 e. The fourth-order valence-electron chi connectivity index (χ4n) is 6.61. The highest BCUT2D eigenvalue weighted by atomic mass is 19.2. The van der Waals surface area contributed by atoms with Gasteiger partial charge in [0.15, 0.2) is 11.6 Å². The fourth-order valence-corrected chi connectivity index (χ4v) is 6.61. The van der Waals surface area contributed by atoms with Crippen LogP contribution in [-0.2, 0) is 4.74 Å². The maximum Gasteiger partial charge on any atom is 0.201 e. The largest absolute Gasteiger partial charge is 0.491 e. The SMILES string of the molecule is C/C=C/CCC1CCC(C2CCC(c3ccc(-c4ccc(-c5ccc(OCC)c(F)c5F)cc4)cc3)OC2)CC1. The third kappa shape index (κ3) is 6.66. The van der Waals surface area contributed by atoms with Crippen molar-refractivity contribution in [3.05, 3.63) is 90.0 Å². The van der Waals surface area contributed by atoms with Gasteiger partial charge in [-0.3, -0.25) is 0 Å². The van der Waals surface area contributed by atoms with Gasteiger partial charge in [0.05, 0.1) is 19.3 Å². The van der Waals surface area contributed by atoms with Gasteiger partial charge in [-0.25, -0.2) is 4.39 Å². The van der Waals surface area contributed by atoms with Gasteiger partial charge in [0.2, 0.25) is 5.82 Å². The van der Waals surface area contributed by atoms with Gasteiger partial charge in [-0.05, 0) is 105 Å². The summed E-state index contributed by atoms with van der Waals surface area (Å²) in [6.07, 6.45) is 15.1. The normalized spacial score (nSPS) is 23.4. The molecule has 0 radical (unpaired) electrons. The molecule has 0 N–H and O–H groups in total. The van der Waals surface area contributed by atoms with E-state index in [-0.39, 0.29) is 24.0 Å². The quantitative estimate of drug-likeness (QED) is 0.250. The van der Waals surface area contributed by atoms with Crippen LogP contribution in [0.4, 0.5) is 8.78 Å². The third-order valence-corrected chi connectivity index (χ3v) is 9.00. The van der Waals surface area contributed by atoms with Crippen molar-refractivity contribution in [2.75, 3.05) is 13.2 Å². The molecule has 4 heteroatoms. The third-order valence-electron chi connectivity index (χ3n) is 9.00. The monoisotopic (exact) mass is 544 g/mol. The first-order valence-electron chi connectivity index (χ1n) is 15.1. The zero-order valence-corrected chi connectivity index (χ0v) is 23.9. The number of hydrogen-bond acceptors (Lipinski definition) is 2. The minimum absolute atomic E-state index is 0.0590. The molecular weight excluding hydrogens is 502 g/mol. The Labute approximate surface area is 238 Å². The van der Waals surface area contributed by atoms with E-state index in [2.05, 4.69) is 43.3 Å². The highest BCUT2D eigenvalue weighted by molar-refractivity contribution is 5.71. The van der Waals surface area contributed by atoms with Crippen LogP contribution >= 0.6 is 0 Å². The molecule has 2 aliphatic rings. The van der Waals surface area contributed by atoms with E-state index >= 15 is 0 Å². The van der Waals surface area contributed by atoms with E-state index in [9.17, 15) is 8.78 Å². The van der Waals surface area contributed by atoms with Gasteiger partial charge in [-0.2, -0.15) is 4.39 Å². The second-order valence-corrected chi connectivity index (χ2v) is 11.5. The minimum atomic E-state index is -0.946. The predicted molar refractivity (Wildman–Crippen MR) is 159 cm³/mol. The Bertz CT molecular complexity index is 1250. The zero-order valence-electron chi connectivity index (χ0n) is 23.9. The summed E-state index contributed by atoms with van der Waals surface area (Å²) in [4.78, 5) is 0. The molecule has 1 aliphatic carbocycles. The molecule has 2 atom stereocenters. The van der Waals surface area contributed by atoms with Crippen LogP contribution in [0, 0.1) is 29.4 Å². The number of rotatable bonds is 9. The molecule has 2 nitrogen and oxygen atoms in total. The second-order valence-electron chi connectivity index (χ2n) is 11.5. The van der Waals surface area contributed by atoms with Crippen molar-refractivity contribution >= 4 is 0 Å². The molecule has 1 heterocycles. The van der Waals surface area contributed by atoms with Crippen LogP contribution in [0.2, 0.25) is 0 Å². The molecule has 0 bridgehead atoms. The molecule has 2 unspecified atom stereocenters. The van der Waals surface area contributed by atoms with E-state index in [1.807, 2.05) is 24.3 Å². The summed E-state index contributed by atoms with van der Waals surface area (Å²) in [7, 11) is 0. The van der Waals surface area contributed by atoms with Gasteiger partial charge >= 0.3 is 0 Å². The fraction of sp³-hybridized carbons (Fsp3) is 0.444. The van der Waals surface area contributed by atoms with Crippen LogP contribution in [-0.4, -0.2) is 13.2 Å². The van der Waals surface area contributed by atoms with E-state index in [1.54, 1.807) is 13.0 Å². The van der Waals surface area contributed by atoms with E-state index < -0.39 is 11.6 Å². The summed E-state index contributed by atoms with van der Waals surface area (Å²) < 4.78 is 40.6. The first-order valence-corrected chi connectivity index (χ1v) is 15.1. The van der Waals surface area contributed by atoms with Crippen molar-refractivity contribution in [1.82, 2.24) is 0 Å². The molecular formula is C36H42F2O2.